The predicted molar refractivity (Wildman–Crippen MR) is 82.3 cm³/mol. The molecule has 0 bridgehead atoms. The fourth-order valence-electron chi connectivity index (χ4n) is 2.97. The smallest absolute Gasteiger partial charge is 0.306 e. The maximum atomic E-state index is 12.2. The molecule has 1 aromatic carbocycles. The Hall–Kier alpha value is -2.57. The molecule has 2 amide bonds. The van der Waals surface area contributed by atoms with E-state index in [9.17, 15) is 14.4 Å². The molecule has 0 aromatic heterocycles. The average Bonchev–Trinajstić information content (AvgIpc) is 2.99. The summed E-state index contributed by atoms with van der Waals surface area (Å²) in [7, 11) is 0. The molecule has 0 saturated heterocycles. The van der Waals surface area contributed by atoms with Gasteiger partial charge in [0.2, 0.25) is 5.91 Å². The minimum absolute atomic E-state index is 0.190. The van der Waals surface area contributed by atoms with Gasteiger partial charge in [0.15, 0.2) is 6.10 Å². The number of nitrogens with one attached hydrogen (secondary N) is 2. The number of hydrogen-bond donors (Lipinski definition) is 3. The monoisotopic (exact) mass is 318 g/mol. The molecule has 0 spiro atoms. The fraction of sp³-hybridized carbons (Fsp3) is 0.438. The highest BCUT2D eigenvalue weighted by Crippen LogP contribution is 2.34. The van der Waals surface area contributed by atoms with Gasteiger partial charge in [-0.25, -0.2) is 0 Å². The van der Waals surface area contributed by atoms with Crippen LogP contribution < -0.4 is 15.4 Å². The summed E-state index contributed by atoms with van der Waals surface area (Å²) in [6, 6.07) is 5.03. The van der Waals surface area contributed by atoms with Crippen LogP contribution in [0.15, 0.2) is 18.2 Å². The van der Waals surface area contributed by atoms with E-state index in [0.717, 1.165) is 0 Å². The van der Waals surface area contributed by atoms with E-state index in [2.05, 4.69) is 10.6 Å². The number of fused-ring (bicyclic) bond motifs is 1. The van der Waals surface area contributed by atoms with Crippen LogP contribution in [-0.2, 0) is 14.4 Å². The Bertz CT molecular complexity index is 672. The van der Waals surface area contributed by atoms with E-state index in [1.54, 1.807) is 25.1 Å². The highest BCUT2D eigenvalue weighted by molar-refractivity contribution is 5.99. The zero-order chi connectivity index (χ0) is 16.6. The summed E-state index contributed by atoms with van der Waals surface area (Å²) in [5.41, 5.74) is 1.06. The number of rotatable bonds is 3. The molecule has 2 aliphatic rings. The number of carboxylic acids is 1. The van der Waals surface area contributed by atoms with Crippen LogP contribution in [0.4, 0.5) is 11.4 Å². The van der Waals surface area contributed by atoms with Crippen molar-refractivity contribution in [3.05, 3.63) is 18.2 Å². The topological polar surface area (TPSA) is 105 Å². The number of anilines is 2. The van der Waals surface area contributed by atoms with E-state index in [1.165, 1.54) is 0 Å². The maximum Gasteiger partial charge on any atom is 0.306 e. The molecule has 7 heteroatoms. The number of benzene rings is 1. The summed E-state index contributed by atoms with van der Waals surface area (Å²) in [5, 5.41) is 14.5. The Morgan fingerprint density at radius 3 is 2.74 bits per heavy atom. The molecular weight excluding hydrogens is 300 g/mol. The van der Waals surface area contributed by atoms with Crippen LogP contribution in [-0.4, -0.2) is 29.0 Å². The lowest BCUT2D eigenvalue weighted by Gasteiger charge is -2.23. The summed E-state index contributed by atoms with van der Waals surface area (Å²) in [6.07, 6.45) is 0.919. The van der Waals surface area contributed by atoms with Crippen LogP contribution in [0.2, 0.25) is 0 Å². The van der Waals surface area contributed by atoms with Gasteiger partial charge in [-0.15, -0.1) is 0 Å². The lowest BCUT2D eigenvalue weighted by Crippen LogP contribution is -2.34. The molecule has 1 aromatic rings. The van der Waals surface area contributed by atoms with Crippen LogP contribution in [0.25, 0.3) is 0 Å². The van der Waals surface area contributed by atoms with Gasteiger partial charge in [-0.3, -0.25) is 14.4 Å². The van der Waals surface area contributed by atoms with Gasteiger partial charge < -0.3 is 20.5 Å². The van der Waals surface area contributed by atoms with Gasteiger partial charge in [0.05, 0.1) is 11.6 Å². The fourth-order valence-corrected chi connectivity index (χ4v) is 2.97. The van der Waals surface area contributed by atoms with Crippen molar-refractivity contribution < 1.29 is 24.2 Å². The van der Waals surface area contributed by atoms with E-state index < -0.39 is 18.0 Å². The van der Waals surface area contributed by atoms with Gasteiger partial charge in [-0.2, -0.15) is 0 Å². The molecule has 1 heterocycles. The zero-order valence-electron chi connectivity index (χ0n) is 12.7. The van der Waals surface area contributed by atoms with E-state index in [1.807, 2.05) is 0 Å². The molecule has 1 unspecified atom stereocenters. The average molecular weight is 318 g/mol. The van der Waals surface area contributed by atoms with Gasteiger partial charge in [-0.05, 0) is 44.4 Å². The Labute approximate surface area is 133 Å². The third kappa shape index (κ3) is 3.13. The highest BCUT2D eigenvalue weighted by atomic mass is 16.5. The van der Waals surface area contributed by atoms with Crippen molar-refractivity contribution in [2.45, 2.75) is 32.3 Å². The number of carbonyl (C=O) groups is 3. The van der Waals surface area contributed by atoms with Gasteiger partial charge >= 0.3 is 5.97 Å². The van der Waals surface area contributed by atoms with E-state index in [4.69, 9.17) is 9.84 Å². The van der Waals surface area contributed by atoms with Gasteiger partial charge in [0.25, 0.3) is 5.91 Å². The Kier molecular flexibility index (Phi) is 3.94. The van der Waals surface area contributed by atoms with Crippen molar-refractivity contribution in [3.8, 4) is 5.75 Å². The Morgan fingerprint density at radius 2 is 2.04 bits per heavy atom. The molecule has 1 saturated carbocycles. The molecule has 3 rings (SSSR count). The maximum absolute atomic E-state index is 12.2. The van der Waals surface area contributed by atoms with Crippen molar-refractivity contribution in [2.75, 3.05) is 10.6 Å². The molecule has 122 valence electrons. The van der Waals surface area contributed by atoms with Gasteiger partial charge in [0.1, 0.15) is 5.75 Å². The largest absolute Gasteiger partial charge is 0.481 e. The second-order valence-electron chi connectivity index (χ2n) is 5.99. The van der Waals surface area contributed by atoms with E-state index >= 15 is 0 Å². The summed E-state index contributed by atoms with van der Waals surface area (Å²) >= 11 is 0. The second-order valence-corrected chi connectivity index (χ2v) is 5.99. The summed E-state index contributed by atoms with van der Waals surface area (Å²) < 4.78 is 5.45. The number of hydrogen-bond acceptors (Lipinski definition) is 4. The molecular formula is C16H18N2O5. The molecule has 1 fully saturated rings. The first kappa shape index (κ1) is 15.3. The van der Waals surface area contributed by atoms with Crippen molar-refractivity contribution in [1.29, 1.82) is 0 Å². The zero-order valence-corrected chi connectivity index (χ0v) is 12.7. The van der Waals surface area contributed by atoms with Gasteiger partial charge in [-0.1, -0.05) is 0 Å². The molecule has 1 aliphatic heterocycles. The molecule has 1 aliphatic carbocycles. The highest BCUT2D eigenvalue weighted by Gasteiger charge is 2.34. The van der Waals surface area contributed by atoms with Crippen molar-refractivity contribution in [2.24, 2.45) is 11.8 Å². The summed E-state index contributed by atoms with van der Waals surface area (Å²) in [6.45, 7) is 1.66. The molecule has 0 radical (unpaired) electrons. The van der Waals surface area contributed by atoms with Crippen LogP contribution in [0.3, 0.4) is 0 Å². The Balaban J connectivity index is 1.67. The minimum Gasteiger partial charge on any atom is -0.481 e. The summed E-state index contributed by atoms with van der Waals surface area (Å²) in [5.74, 6) is -1.45. The Morgan fingerprint density at radius 1 is 1.30 bits per heavy atom. The normalized spacial score (nSPS) is 26.0. The number of carboxylic acid groups (broad SMARTS) is 1. The van der Waals surface area contributed by atoms with Crippen LogP contribution >= 0.6 is 0 Å². The minimum atomic E-state index is -0.844. The third-order valence-corrected chi connectivity index (χ3v) is 4.33. The van der Waals surface area contributed by atoms with Gasteiger partial charge in [0, 0.05) is 11.6 Å². The first-order valence-corrected chi connectivity index (χ1v) is 7.59. The first-order chi connectivity index (χ1) is 10.9. The quantitative estimate of drug-likeness (QED) is 0.789. The molecule has 3 N–H and O–H groups in total. The first-order valence-electron chi connectivity index (χ1n) is 7.59. The van der Waals surface area contributed by atoms with Crippen LogP contribution in [0, 0.1) is 11.8 Å². The molecule has 3 atom stereocenters. The van der Waals surface area contributed by atoms with Crippen LogP contribution in [0.1, 0.15) is 26.2 Å². The van der Waals surface area contributed by atoms with Crippen molar-refractivity contribution in [3.63, 3.8) is 0 Å². The molecule has 23 heavy (non-hydrogen) atoms. The third-order valence-electron chi connectivity index (χ3n) is 4.33. The summed E-state index contributed by atoms with van der Waals surface area (Å²) in [4.78, 5) is 34.8. The number of ether oxygens (including phenoxy) is 1. The van der Waals surface area contributed by atoms with Crippen molar-refractivity contribution in [1.82, 2.24) is 0 Å². The lowest BCUT2D eigenvalue weighted by molar-refractivity contribution is -0.141. The van der Waals surface area contributed by atoms with Crippen molar-refractivity contribution >= 4 is 29.2 Å². The second kappa shape index (κ2) is 5.91. The van der Waals surface area contributed by atoms with E-state index in [-0.39, 0.29) is 17.7 Å². The standard InChI is InChI=1S/C16H18N2O5/c1-8-14(19)18-12-7-11(4-5-13(12)23-8)17-15(20)9-2-3-10(6-9)16(21)22/h4-5,7-10H,2-3,6H2,1H3,(H,17,20)(H,18,19)(H,21,22)/t8?,9-,10+/m1/s1. The predicted octanol–water partition coefficient (Wildman–Crippen LogP) is 1.85. The van der Waals surface area contributed by atoms with Crippen LogP contribution in [0.5, 0.6) is 5.75 Å². The number of amides is 2. The molecule has 7 nitrogen and oxygen atoms in total. The SMILES string of the molecule is CC1Oc2ccc(NC(=O)[C@@H]3CC[C@H](C(=O)O)C3)cc2NC1=O. The number of carbonyl (C=O) groups excluding carboxylic acids is 2. The lowest BCUT2D eigenvalue weighted by atomic mass is 10.0. The number of aliphatic carboxylic acids is 1. The van der Waals surface area contributed by atoms with E-state index in [0.29, 0.717) is 36.4 Å².